The Kier molecular flexibility index (Phi) is 9.42. The van der Waals surface area contributed by atoms with Gasteiger partial charge in [0.1, 0.15) is 5.76 Å². The summed E-state index contributed by atoms with van der Waals surface area (Å²) >= 11 is 0. The van der Waals surface area contributed by atoms with Crippen LogP contribution in [0.25, 0.3) is 11.1 Å². The molecule has 330 valence electrons. The summed E-state index contributed by atoms with van der Waals surface area (Å²) in [4.78, 5) is 5.33. The van der Waals surface area contributed by atoms with Crippen LogP contribution in [0.1, 0.15) is 167 Å². The Morgan fingerprint density at radius 3 is 1.81 bits per heavy atom. The van der Waals surface area contributed by atoms with E-state index in [2.05, 4.69) is 211 Å². The average Bonchev–Trinajstić information content (AvgIpc) is 3.65. The second-order valence-corrected chi connectivity index (χ2v) is 24.9. The van der Waals surface area contributed by atoms with Gasteiger partial charge in [0.2, 0.25) is 0 Å². The van der Waals surface area contributed by atoms with E-state index in [-0.39, 0.29) is 39.2 Å². The molecule has 3 nitrogen and oxygen atoms in total. The first kappa shape index (κ1) is 43.0. The highest BCUT2D eigenvalue weighted by Crippen LogP contribution is 2.55. The largest absolute Gasteiger partial charge is 0.472 e. The topological polar surface area (TPSA) is 19.6 Å². The van der Waals surface area contributed by atoms with E-state index in [9.17, 15) is 0 Å². The highest BCUT2D eigenvalue weighted by Gasteiger charge is 2.53. The Hall–Kier alpha value is -4.96. The van der Waals surface area contributed by atoms with Gasteiger partial charge >= 0.3 is 0 Å². The minimum atomic E-state index is -0.0947. The third-order valence-corrected chi connectivity index (χ3v) is 16.1. The monoisotopic (exact) mass is 847 g/mol. The zero-order valence-electron chi connectivity index (χ0n) is 41.7. The first-order valence-corrected chi connectivity index (χ1v) is 24.3. The molecule has 64 heavy (non-hydrogen) atoms. The zero-order chi connectivity index (χ0) is 45.7. The molecule has 0 N–H and O–H groups in total. The van der Waals surface area contributed by atoms with Crippen LogP contribution in [-0.4, -0.2) is 6.71 Å². The number of hydrogen-bond donors (Lipinski definition) is 0. The van der Waals surface area contributed by atoms with Gasteiger partial charge in [0.15, 0.2) is 0 Å². The minimum absolute atomic E-state index is 0.0212. The van der Waals surface area contributed by atoms with Crippen molar-refractivity contribution >= 4 is 51.7 Å². The van der Waals surface area contributed by atoms with E-state index >= 15 is 0 Å². The van der Waals surface area contributed by atoms with Crippen molar-refractivity contribution in [3.63, 3.8) is 0 Å². The lowest BCUT2D eigenvalue weighted by molar-refractivity contribution is 0.282. The summed E-state index contributed by atoms with van der Waals surface area (Å²) in [5, 5.41) is 0. The van der Waals surface area contributed by atoms with Gasteiger partial charge in [-0.05, 0) is 145 Å². The van der Waals surface area contributed by atoms with Crippen molar-refractivity contribution in [2.75, 3.05) is 9.80 Å². The Balaban J connectivity index is 1.30. The van der Waals surface area contributed by atoms with Gasteiger partial charge in [0.05, 0.1) is 11.3 Å². The van der Waals surface area contributed by atoms with Crippen LogP contribution in [0.4, 0.5) is 28.4 Å². The molecule has 0 saturated carbocycles. The molecule has 0 radical (unpaired) electrons. The van der Waals surface area contributed by atoms with Crippen LogP contribution < -0.4 is 26.4 Å². The Morgan fingerprint density at radius 2 is 1.17 bits per heavy atom. The van der Waals surface area contributed by atoms with Crippen LogP contribution in [0, 0.1) is 6.92 Å². The predicted octanol–water partition coefficient (Wildman–Crippen LogP) is 14.5. The van der Waals surface area contributed by atoms with Crippen LogP contribution in [0.2, 0.25) is 0 Å². The van der Waals surface area contributed by atoms with Crippen molar-refractivity contribution in [2.24, 2.45) is 0 Å². The van der Waals surface area contributed by atoms with Gasteiger partial charge in [-0.25, -0.2) is 0 Å². The number of rotatable bonds is 4. The van der Waals surface area contributed by atoms with Crippen LogP contribution in [0.15, 0.2) is 101 Å². The maximum atomic E-state index is 7.73. The third kappa shape index (κ3) is 6.66. The molecule has 2 aliphatic carbocycles. The maximum absolute atomic E-state index is 7.73. The summed E-state index contributed by atoms with van der Waals surface area (Å²) in [5.41, 5.74) is 22.5. The molecule has 3 heterocycles. The maximum Gasteiger partial charge on any atom is 0.297 e. The number of benzene rings is 5. The molecule has 6 aromatic rings. The molecule has 0 atom stereocenters. The predicted molar refractivity (Wildman–Crippen MR) is 275 cm³/mol. The molecule has 5 aromatic carbocycles. The highest BCUT2D eigenvalue weighted by atomic mass is 16.3. The van der Waals surface area contributed by atoms with Crippen molar-refractivity contribution in [1.82, 2.24) is 0 Å². The second-order valence-electron chi connectivity index (χ2n) is 24.9. The van der Waals surface area contributed by atoms with E-state index in [0.29, 0.717) is 0 Å². The molecule has 0 fully saturated rings. The Labute approximate surface area is 385 Å². The molecule has 0 bridgehead atoms. The highest BCUT2D eigenvalue weighted by molar-refractivity contribution is 6.99. The Morgan fingerprint density at radius 1 is 0.594 bits per heavy atom. The molecule has 0 saturated heterocycles. The standard InChI is InChI=1S/C60H71BN2O/c1-37-31-48-51-49(32-37)63(42-25-23-40(24-26-42)55(2,3)4)47-35-45-44(57(8,9)27-28-58(45,10)11)34-46(47)61(51)54-52(50-53(64-54)60(14,15)30-29-59(50,12)13)62(48)36-39-21-22-41(56(5,6)7)33-43(39)38-19-17-16-18-20-38/h16-26,31-35H,27-30,36H2,1-15H3. The fourth-order valence-corrected chi connectivity index (χ4v) is 11.8. The van der Waals surface area contributed by atoms with Gasteiger partial charge < -0.3 is 14.2 Å². The van der Waals surface area contributed by atoms with Crippen LogP contribution >= 0.6 is 0 Å². The van der Waals surface area contributed by atoms with E-state index in [0.717, 1.165) is 25.0 Å². The fourth-order valence-electron chi connectivity index (χ4n) is 11.8. The molecular formula is C60H71BN2O. The smallest absolute Gasteiger partial charge is 0.297 e. The SMILES string of the molecule is Cc1cc2c3c(c1)N(c1ccc(C(C)(C)C)cc1)c1cc4c(cc1B3c1oc3c(c1N2Cc1ccc(C(C)(C)C)cc1-c1ccccc1)C(C)(C)CCC3(C)C)C(C)(C)CCC4(C)C. The lowest BCUT2D eigenvalue weighted by atomic mass is 9.35. The van der Waals surface area contributed by atoms with Crippen molar-refractivity contribution in [3.05, 3.63) is 142 Å². The molecule has 4 heteroatoms. The molecule has 0 amide bonds. The number of fused-ring (bicyclic) bond motifs is 7. The van der Waals surface area contributed by atoms with Crippen LogP contribution in [0.5, 0.6) is 0 Å². The van der Waals surface area contributed by atoms with Gasteiger partial charge in [0.25, 0.3) is 6.71 Å². The zero-order valence-corrected chi connectivity index (χ0v) is 41.7. The first-order valence-electron chi connectivity index (χ1n) is 24.3. The molecule has 2 aliphatic heterocycles. The average molecular weight is 847 g/mol. The minimum Gasteiger partial charge on any atom is -0.472 e. The van der Waals surface area contributed by atoms with E-state index in [4.69, 9.17) is 4.42 Å². The second kappa shape index (κ2) is 14.0. The van der Waals surface area contributed by atoms with Gasteiger partial charge in [-0.1, -0.05) is 164 Å². The molecular weight excluding hydrogens is 775 g/mol. The summed E-state index contributed by atoms with van der Waals surface area (Å²) in [6, 6.07) is 38.0. The van der Waals surface area contributed by atoms with Gasteiger partial charge in [-0.3, -0.25) is 0 Å². The number of aryl methyl sites for hydroxylation is 1. The van der Waals surface area contributed by atoms with Crippen molar-refractivity contribution in [1.29, 1.82) is 0 Å². The van der Waals surface area contributed by atoms with E-state index in [1.165, 1.54) is 108 Å². The summed E-state index contributed by atoms with van der Waals surface area (Å²) in [7, 11) is 0. The van der Waals surface area contributed by atoms with Crippen molar-refractivity contribution in [2.45, 2.75) is 169 Å². The quantitative estimate of drug-likeness (QED) is 0.165. The molecule has 0 spiro atoms. The lowest BCUT2D eigenvalue weighted by Crippen LogP contribution is -2.62. The Bertz CT molecular complexity index is 2840. The summed E-state index contributed by atoms with van der Waals surface area (Å²) in [6.45, 7) is 36.6. The summed E-state index contributed by atoms with van der Waals surface area (Å²) in [6.07, 6.45) is 4.55. The molecule has 4 aliphatic rings. The summed E-state index contributed by atoms with van der Waals surface area (Å²) in [5.74, 6) is 1.18. The van der Waals surface area contributed by atoms with E-state index < -0.39 is 0 Å². The lowest BCUT2D eigenvalue weighted by Gasteiger charge is -2.47. The molecule has 1 aromatic heterocycles. The molecule has 0 unspecified atom stereocenters. The third-order valence-electron chi connectivity index (χ3n) is 16.1. The van der Waals surface area contributed by atoms with Gasteiger partial charge in [-0.15, -0.1) is 0 Å². The first-order chi connectivity index (χ1) is 29.9. The normalized spacial score (nSPS) is 18.8. The molecule has 10 rings (SSSR count). The number of hydrogen-bond acceptors (Lipinski definition) is 3. The fraction of sp³-hybridized carbons (Fsp3) is 0.433. The van der Waals surface area contributed by atoms with Gasteiger partial charge in [0, 0.05) is 40.3 Å². The number of furan rings is 1. The van der Waals surface area contributed by atoms with Crippen LogP contribution in [-0.2, 0) is 39.0 Å². The number of nitrogens with zero attached hydrogens (tertiary/aromatic N) is 2. The van der Waals surface area contributed by atoms with Gasteiger partial charge in [-0.2, -0.15) is 0 Å². The van der Waals surface area contributed by atoms with E-state index in [1.54, 1.807) is 0 Å². The van der Waals surface area contributed by atoms with Crippen molar-refractivity contribution in [3.8, 4) is 11.1 Å². The van der Waals surface area contributed by atoms with E-state index in [1.807, 2.05) is 0 Å². The van der Waals surface area contributed by atoms with Crippen LogP contribution in [0.3, 0.4) is 0 Å². The summed E-state index contributed by atoms with van der Waals surface area (Å²) < 4.78 is 7.73. The number of anilines is 5. The van der Waals surface area contributed by atoms with Crippen molar-refractivity contribution < 1.29 is 4.42 Å².